The Morgan fingerprint density at radius 2 is 1.97 bits per heavy atom. The first-order valence-electron chi connectivity index (χ1n) is 9.52. The largest absolute Gasteiger partial charge is 0.466 e. The van der Waals surface area contributed by atoms with Gasteiger partial charge < -0.3 is 10.1 Å². The molecule has 1 N–H and O–H groups in total. The average Bonchev–Trinajstić information content (AvgIpc) is 2.74. The van der Waals surface area contributed by atoms with Crippen LogP contribution in [0.3, 0.4) is 0 Å². The number of hydrogen-bond acceptors (Lipinski definition) is 5. The van der Waals surface area contributed by atoms with Crippen molar-refractivity contribution in [3.8, 4) is 17.2 Å². The van der Waals surface area contributed by atoms with Crippen LogP contribution in [0.25, 0.3) is 11.1 Å². The van der Waals surface area contributed by atoms with Gasteiger partial charge in [0.05, 0.1) is 24.3 Å². The quantitative estimate of drug-likeness (QED) is 0.544. The Morgan fingerprint density at radius 3 is 2.55 bits per heavy atom. The third-order valence-corrected chi connectivity index (χ3v) is 4.44. The van der Waals surface area contributed by atoms with E-state index in [1.165, 1.54) is 14.0 Å². The molecule has 150 valence electrons. The zero-order valence-electron chi connectivity index (χ0n) is 17.0. The number of nitrogens with zero attached hydrogens (tertiary/aromatic N) is 2. The zero-order valence-corrected chi connectivity index (χ0v) is 17.0. The van der Waals surface area contributed by atoms with Crippen molar-refractivity contribution in [2.45, 2.75) is 39.5 Å². The number of nitriles is 1. The van der Waals surface area contributed by atoms with Gasteiger partial charge in [-0.3, -0.25) is 9.78 Å². The summed E-state index contributed by atoms with van der Waals surface area (Å²) in [4.78, 5) is 28.5. The predicted octanol–water partition coefficient (Wildman–Crippen LogP) is 3.92. The molecule has 2 aromatic rings. The van der Waals surface area contributed by atoms with Gasteiger partial charge in [-0.05, 0) is 25.0 Å². The topological polar surface area (TPSA) is 92.1 Å². The second-order valence-corrected chi connectivity index (χ2v) is 6.61. The molecule has 29 heavy (non-hydrogen) atoms. The van der Waals surface area contributed by atoms with Crippen molar-refractivity contribution in [3.05, 3.63) is 65.1 Å². The van der Waals surface area contributed by atoms with Crippen LogP contribution in [0.15, 0.2) is 53.9 Å². The van der Waals surface area contributed by atoms with E-state index in [0.717, 1.165) is 24.0 Å². The number of aromatic nitrogens is 1. The molecular weight excluding hydrogens is 366 g/mol. The molecular formula is C23H25N3O3. The number of allylic oxidation sites excluding steroid dienone is 1. The maximum absolute atomic E-state index is 12.4. The number of esters is 1. The smallest absolute Gasteiger partial charge is 0.335 e. The van der Waals surface area contributed by atoms with Crippen molar-refractivity contribution in [1.29, 1.82) is 5.26 Å². The van der Waals surface area contributed by atoms with E-state index in [1.807, 2.05) is 37.3 Å². The Bertz CT molecular complexity index is 941. The van der Waals surface area contributed by atoms with Crippen molar-refractivity contribution in [2.75, 3.05) is 7.11 Å². The summed E-state index contributed by atoms with van der Waals surface area (Å²) in [7, 11) is 1.32. The number of unbranched alkanes of at least 4 members (excludes halogenated alkanes) is 1. The number of ether oxygens (including phenoxy) is 1. The van der Waals surface area contributed by atoms with Crippen LogP contribution in [0, 0.1) is 11.3 Å². The number of rotatable bonds is 8. The van der Waals surface area contributed by atoms with Gasteiger partial charge in [0.1, 0.15) is 0 Å². The van der Waals surface area contributed by atoms with Crippen LogP contribution < -0.4 is 5.32 Å². The van der Waals surface area contributed by atoms with Crippen molar-refractivity contribution >= 4 is 11.9 Å². The lowest BCUT2D eigenvalue weighted by atomic mass is 10.00. The zero-order chi connectivity index (χ0) is 21.2. The minimum atomic E-state index is -0.481. The number of carbonyl (C=O) groups is 2. The van der Waals surface area contributed by atoms with Gasteiger partial charge in [0.2, 0.25) is 5.91 Å². The van der Waals surface area contributed by atoms with Gasteiger partial charge in [-0.25, -0.2) is 4.79 Å². The van der Waals surface area contributed by atoms with Crippen molar-refractivity contribution in [2.24, 2.45) is 0 Å². The standard InChI is InChI=1S/C23H25N3O3/c1-4-5-10-22(26-16(2)27)21(23(28)29-3)13-19-12-11-18(15-25-19)20-9-7-6-8-17(20)14-24/h6-9,11-12,15H,4-5,10,13H2,1-3H3,(H,26,27)/b22-21-. The fourth-order valence-corrected chi connectivity index (χ4v) is 2.98. The van der Waals surface area contributed by atoms with Crippen LogP contribution in [-0.2, 0) is 20.7 Å². The highest BCUT2D eigenvalue weighted by Crippen LogP contribution is 2.23. The lowest BCUT2D eigenvalue weighted by molar-refractivity contribution is -0.136. The van der Waals surface area contributed by atoms with Crippen LogP contribution >= 0.6 is 0 Å². The summed E-state index contributed by atoms with van der Waals surface area (Å²) in [6, 6.07) is 13.2. The number of methoxy groups -OCH3 is 1. The van der Waals surface area contributed by atoms with Crippen LogP contribution in [-0.4, -0.2) is 24.0 Å². The third kappa shape index (κ3) is 6.01. The molecule has 0 atom stereocenters. The van der Waals surface area contributed by atoms with Gasteiger partial charge in [0.25, 0.3) is 0 Å². The molecule has 1 aromatic heterocycles. The molecule has 1 aromatic carbocycles. The fraction of sp³-hybridized carbons (Fsp3) is 0.304. The lowest BCUT2D eigenvalue weighted by Crippen LogP contribution is -2.24. The number of hydrogen-bond donors (Lipinski definition) is 1. The second-order valence-electron chi connectivity index (χ2n) is 6.61. The van der Waals surface area contributed by atoms with E-state index in [-0.39, 0.29) is 12.3 Å². The van der Waals surface area contributed by atoms with Gasteiger partial charge in [0, 0.05) is 42.1 Å². The minimum Gasteiger partial charge on any atom is -0.466 e. The molecule has 0 aliphatic rings. The molecule has 0 bridgehead atoms. The molecule has 6 heteroatoms. The summed E-state index contributed by atoms with van der Waals surface area (Å²) in [6.45, 7) is 3.46. The first-order chi connectivity index (χ1) is 14.0. The molecule has 0 saturated carbocycles. The Labute approximate surface area is 171 Å². The monoisotopic (exact) mass is 391 g/mol. The third-order valence-electron chi connectivity index (χ3n) is 4.44. The highest BCUT2D eigenvalue weighted by atomic mass is 16.5. The highest BCUT2D eigenvalue weighted by Gasteiger charge is 2.18. The number of amides is 1. The number of nitrogens with one attached hydrogen (secondary N) is 1. The number of pyridine rings is 1. The molecule has 0 saturated heterocycles. The summed E-state index contributed by atoms with van der Waals surface area (Å²) >= 11 is 0. The molecule has 1 heterocycles. The van der Waals surface area contributed by atoms with E-state index in [0.29, 0.717) is 28.9 Å². The number of benzene rings is 1. The molecule has 1 amide bonds. The summed E-state index contributed by atoms with van der Waals surface area (Å²) in [5.74, 6) is -0.709. The Kier molecular flexibility index (Phi) is 8.11. The average molecular weight is 391 g/mol. The summed E-state index contributed by atoms with van der Waals surface area (Å²) < 4.78 is 4.94. The van der Waals surface area contributed by atoms with Crippen LogP contribution in [0.4, 0.5) is 0 Å². The summed E-state index contributed by atoms with van der Waals surface area (Å²) in [6.07, 6.45) is 4.28. The van der Waals surface area contributed by atoms with E-state index in [4.69, 9.17) is 4.74 Å². The van der Waals surface area contributed by atoms with Crippen molar-refractivity contribution in [3.63, 3.8) is 0 Å². The van der Waals surface area contributed by atoms with Crippen molar-refractivity contribution < 1.29 is 14.3 Å². The fourth-order valence-electron chi connectivity index (χ4n) is 2.98. The molecule has 6 nitrogen and oxygen atoms in total. The van der Waals surface area contributed by atoms with Gasteiger partial charge >= 0.3 is 5.97 Å². The molecule has 2 rings (SSSR count). The SMILES string of the molecule is CCCC/C(NC(C)=O)=C(\Cc1ccc(-c2ccccc2C#N)cn1)C(=O)OC. The van der Waals surface area contributed by atoms with Crippen LogP contribution in [0.2, 0.25) is 0 Å². The summed E-state index contributed by atoms with van der Waals surface area (Å²) in [5, 5.41) is 12.1. The van der Waals surface area contributed by atoms with E-state index in [1.54, 1.807) is 12.3 Å². The highest BCUT2D eigenvalue weighted by molar-refractivity contribution is 5.91. The van der Waals surface area contributed by atoms with Crippen LogP contribution in [0.1, 0.15) is 44.4 Å². The lowest BCUT2D eigenvalue weighted by Gasteiger charge is -2.14. The van der Waals surface area contributed by atoms with Gasteiger partial charge in [0.15, 0.2) is 0 Å². The number of carbonyl (C=O) groups excluding carboxylic acids is 2. The van der Waals surface area contributed by atoms with E-state index < -0.39 is 5.97 Å². The predicted molar refractivity (Wildman–Crippen MR) is 110 cm³/mol. The van der Waals surface area contributed by atoms with E-state index in [9.17, 15) is 14.9 Å². The molecule has 0 fully saturated rings. The minimum absolute atomic E-state index is 0.228. The van der Waals surface area contributed by atoms with E-state index >= 15 is 0 Å². The first kappa shape index (κ1) is 21.8. The molecule has 0 aliphatic heterocycles. The molecule has 0 unspecified atom stereocenters. The first-order valence-corrected chi connectivity index (χ1v) is 9.52. The van der Waals surface area contributed by atoms with Crippen molar-refractivity contribution in [1.82, 2.24) is 10.3 Å². The molecule has 0 aliphatic carbocycles. The molecule has 0 spiro atoms. The van der Waals surface area contributed by atoms with Crippen LogP contribution in [0.5, 0.6) is 0 Å². The Hall–Kier alpha value is -3.46. The van der Waals surface area contributed by atoms with Gasteiger partial charge in [-0.1, -0.05) is 37.6 Å². The van der Waals surface area contributed by atoms with E-state index in [2.05, 4.69) is 16.4 Å². The second kappa shape index (κ2) is 10.8. The molecule has 0 radical (unpaired) electrons. The maximum Gasteiger partial charge on any atom is 0.335 e. The van der Waals surface area contributed by atoms with Gasteiger partial charge in [-0.2, -0.15) is 5.26 Å². The van der Waals surface area contributed by atoms with Gasteiger partial charge in [-0.15, -0.1) is 0 Å². The Balaban J connectivity index is 2.36. The summed E-state index contributed by atoms with van der Waals surface area (Å²) in [5.41, 5.74) is 3.84. The Morgan fingerprint density at radius 1 is 1.21 bits per heavy atom. The maximum atomic E-state index is 12.4. The normalized spacial score (nSPS) is 11.2.